The van der Waals surface area contributed by atoms with E-state index >= 15 is 0 Å². The Morgan fingerprint density at radius 3 is 1.32 bits per heavy atom. The first kappa shape index (κ1) is 44.5. The van der Waals surface area contributed by atoms with Gasteiger partial charge in [0.25, 0.3) is 0 Å². The van der Waals surface area contributed by atoms with Crippen molar-refractivity contribution in [3.63, 3.8) is 0 Å². The summed E-state index contributed by atoms with van der Waals surface area (Å²) in [5.74, 6) is 0.268. The molecule has 3 radical (unpaired) electrons. The van der Waals surface area contributed by atoms with Gasteiger partial charge in [-0.25, -0.2) is 0 Å². The Hall–Kier alpha value is 0.468. The summed E-state index contributed by atoms with van der Waals surface area (Å²) >= 11 is 0. The average molecular weight is 698 g/mol. The molecule has 0 aliphatic rings. The van der Waals surface area contributed by atoms with Gasteiger partial charge in [0.15, 0.2) is 0 Å². The molecule has 0 aliphatic heterocycles. The van der Waals surface area contributed by atoms with Crippen molar-refractivity contribution >= 4 is 36.4 Å². The van der Waals surface area contributed by atoms with Crippen LogP contribution in [0.3, 0.4) is 0 Å². The maximum Gasteiger partial charge on any atom is 0.500 e. The SMILES string of the molecule is CCO[Si](OCC)C(C)CCCCC[Si]C(NCCC[Si](OCC)(OCC)OCC)NCCC[Si](OCC)(OCC)OCC. The lowest BCUT2D eigenvalue weighted by Gasteiger charge is -2.29. The molecule has 44 heavy (non-hydrogen) atoms. The molecule has 1 unspecified atom stereocenters. The zero-order chi connectivity index (χ0) is 32.9. The molecule has 0 aromatic heterocycles. The monoisotopic (exact) mass is 697 g/mol. The van der Waals surface area contributed by atoms with E-state index in [4.69, 9.17) is 35.4 Å². The fraction of sp³-hybridized carbons (Fsp3) is 1.00. The lowest BCUT2D eigenvalue weighted by molar-refractivity contribution is 0.0701. The highest BCUT2D eigenvalue weighted by Crippen LogP contribution is 2.21. The van der Waals surface area contributed by atoms with E-state index in [-0.39, 0.29) is 5.79 Å². The summed E-state index contributed by atoms with van der Waals surface area (Å²) in [6.45, 7) is 25.4. The highest BCUT2D eigenvalue weighted by Gasteiger charge is 2.40. The van der Waals surface area contributed by atoms with Gasteiger partial charge in [-0.2, -0.15) is 0 Å². The van der Waals surface area contributed by atoms with Crippen molar-refractivity contribution < 1.29 is 35.4 Å². The van der Waals surface area contributed by atoms with E-state index in [9.17, 15) is 0 Å². The molecule has 14 heteroatoms. The second-order valence-electron chi connectivity index (χ2n) is 10.4. The van der Waals surface area contributed by atoms with E-state index in [1.54, 1.807) is 0 Å². The van der Waals surface area contributed by atoms with Crippen molar-refractivity contribution in [1.82, 2.24) is 10.6 Å². The topological polar surface area (TPSA) is 97.9 Å². The molecule has 0 saturated carbocycles. The van der Waals surface area contributed by atoms with Crippen molar-refractivity contribution in [3.8, 4) is 0 Å². The highest BCUT2D eigenvalue weighted by atomic mass is 28.4. The molecule has 0 rings (SSSR count). The van der Waals surface area contributed by atoms with E-state index < -0.39 is 26.9 Å². The van der Waals surface area contributed by atoms with Crippen LogP contribution in [0.5, 0.6) is 0 Å². The molecule has 0 saturated heterocycles. The summed E-state index contributed by atoms with van der Waals surface area (Å²) in [5, 5.41) is 7.58. The van der Waals surface area contributed by atoms with Crippen LogP contribution in [0, 0.1) is 0 Å². The fourth-order valence-electron chi connectivity index (χ4n) is 5.05. The molecule has 0 heterocycles. The molecular weight excluding hydrogens is 629 g/mol. The van der Waals surface area contributed by atoms with E-state index in [1.807, 2.05) is 41.5 Å². The number of unbranched alkanes of at least 4 members (excludes halogenated alkanes) is 2. The van der Waals surface area contributed by atoms with Crippen LogP contribution in [-0.4, -0.2) is 108 Å². The smallest absolute Gasteiger partial charge is 0.393 e. The van der Waals surface area contributed by atoms with E-state index in [0.29, 0.717) is 45.2 Å². The summed E-state index contributed by atoms with van der Waals surface area (Å²) < 4.78 is 48.1. The van der Waals surface area contributed by atoms with Crippen LogP contribution in [0.25, 0.3) is 0 Å². The van der Waals surface area contributed by atoms with Crippen LogP contribution < -0.4 is 10.6 Å². The lowest BCUT2D eigenvalue weighted by Crippen LogP contribution is -2.50. The van der Waals surface area contributed by atoms with Gasteiger partial charge in [-0.1, -0.05) is 32.2 Å². The van der Waals surface area contributed by atoms with Gasteiger partial charge < -0.3 is 46.0 Å². The number of hydrogen-bond donors (Lipinski definition) is 2. The molecule has 0 spiro atoms. The molecule has 10 nitrogen and oxygen atoms in total. The van der Waals surface area contributed by atoms with Crippen LogP contribution in [0.4, 0.5) is 0 Å². The molecule has 1 atom stereocenters. The number of hydrogen-bond acceptors (Lipinski definition) is 10. The molecular formula is C30H69N2O8Si4. The molecule has 263 valence electrons. The first-order chi connectivity index (χ1) is 21.3. The van der Waals surface area contributed by atoms with Gasteiger partial charge in [-0.15, -0.1) is 0 Å². The van der Waals surface area contributed by atoms with Crippen LogP contribution in [-0.2, 0) is 35.4 Å². The quantitative estimate of drug-likeness (QED) is 0.0476. The van der Waals surface area contributed by atoms with E-state index in [1.165, 1.54) is 31.7 Å². The third-order valence-electron chi connectivity index (χ3n) is 6.84. The molecule has 0 aliphatic carbocycles. The van der Waals surface area contributed by atoms with Crippen LogP contribution >= 0.6 is 0 Å². The molecule has 0 fully saturated rings. The minimum Gasteiger partial charge on any atom is -0.393 e. The third kappa shape index (κ3) is 20.6. The Morgan fingerprint density at radius 2 is 0.955 bits per heavy atom. The van der Waals surface area contributed by atoms with Gasteiger partial charge >= 0.3 is 26.9 Å². The lowest BCUT2D eigenvalue weighted by atomic mass is 10.2. The Balaban J connectivity index is 4.97. The van der Waals surface area contributed by atoms with Gasteiger partial charge in [0, 0.05) is 76.3 Å². The summed E-state index contributed by atoms with van der Waals surface area (Å²) in [6, 6.07) is 2.85. The third-order valence-corrected chi connectivity index (χ3v) is 16.8. The Kier molecular flexibility index (Phi) is 29.9. The zero-order valence-corrected chi connectivity index (χ0v) is 33.9. The first-order valence-corrected chi connectivity index (χ1v) is 24.0. The van der Waals surface area contributed by atoms with Crippen LogP contribution in [0.1, 0.15) is 101 Å². The van der Waals surface area contributed by atoms with Crippen molar-refractivity contribution in [1.29, 1.82) is 0 Å². The number of nitrogens with one attached hydrogen (secondary N) is 2. The summed E-state index contributed by atoms with van der Waals surface area (Å²) in [7, 11) is -5.62. The van der Waals surface area contributed by atoms with Gasteiger partial charge in [-0.05, 0) is 87.7 Å². The van der Waals surface area contributed by atoms with Gasteiger partial charge in [0.1, 0.15) is 0 Å². The summed E-state index contributed by atoms with van der Waals surface area (Å²) in [5.41, 5.74) is 0.514. The number of rotatable bonds is 34. The standard InChI is InChI=1S/C30H69N2O8Si4/c1-10-33-42(34-11-2)29(9)23-19-18-20-26-41-30(31-24-21-27-43(35-12-3,36-13-4)37-14-5)32-25-22-28-44(38-15-6,39-16-7)40-17-8/h29-32H,10-28H2,1-9H3. The Bertz CT molecular complexity index is 560. The van der Waals surface area contributed by atoms with E-state index in [0.717, 1.165) is 60.8 Å². The van der Waals surface area contributed by atoms with Crippen molar-refractivity contribution in [2.24, 2.45) is 0 Å². The second-order valence-corrected chi connectivity index (χ2v) is 19.6. The molecule has 0 amide bonds. The summed E-state index contributed by atoms with van der Waals surface area (Å²) in [6.07, 6.45) is 6.78. The van der Waals surface area contributed by atoms with Gasteiger partial charge in [0.2, 0.25) is 0 Å². The maximum atomic E-state index is 6.06. The van der Waals surface area contributed by atoms with E-state index in [2.05, 4.69) is 31.4 Å². The summed E-state index contributed by atoms with van der Waals surface area (Å²) in [4.78, 5) is 0. The van der Waals surface area contributed by atoms with Gasteiger partial charge in [-0.3, -0.25) is 0 Å². The Morgan fingerprint density at radius 1 is 0.545 bits per heavy atom. The Labute approximate surface area is 278 Å². The van der Waals surface area contributed by atoms with Crippen LogP contribution in [0.2, 0.25) is 23.7 Å². The minimum absolute atomic E-state index is 0.268. The predicted molar refractivity (Wildman–Crippen MR) is 187 cm³/mol. The molecule has 2 N–H and O–H groups in total. The average Bonchev–Trinajstić information content (AvgIpc) is 2.99. The van der Waals surface area contributed by atoms with Crippen molar-refractivity contribution in [3.05, 3.63) is 0 Å². The fourth-order valence-corrected chi connectivity index (χ4v) is 13.3. The maximum absolute atomic E-state index is 6.06. The predicted octanol–water partition coefficient (Wildman–Crippen LogP) is 5.96. The van der Waals surface area contributed by atoms with Crippen LogP contribution in [0.15, 0.2) is 0 Å². The van der Waals surface area contributed by atoms with Crippen molar-refractivity contribution in [2.45, 2.75) is 130 Å². The zero-order valence-electron chi connectivity index (χ0n) is 29.9. The highest BCUT2D eigenvalue weighted by molar-refractivity contribution is 6.61. The van der Waals surface area contributed by atoms with Crippen molar-refractivity contribution in [2.75, 3.05) is 65.9 Å². The second kappa shape index (κ2) is 29.6. The molecule has 0 aromatic rings. The first-order valence-electron chi connectivity index (χ1n) is 17.5. The minimum atomic E-state index is -2.62. The normalized spacial score (nSPS) is 13.4. The largest absolute Gasteiger partial charge is 0.500 e. The molecule has 0 aromatic carbocycles. The van der Waals surface area contributed by atoms with Gasteiger partial charge in [0.05, 0.1) is 9.52 Å². The molecule has 0 bridgehead atoms.